The molecule has 1 rings (SSSR count). The zero-order valence-corrected chi connectivity index (χ0v) is 7.61. The highest BCUT2D eigenvalue weighted by atomic mass is 35.5. The molecular formula is C10H7ClFN. The molecule has 13 heavy (non-hydrogen) atoms. The van der Waals surface area contributed by atoms with Gasteiger partial charge in [0, 0.05) is 11.5 Å². The van der Waals surface area contributed by atoms with Crippen LogP contribution in [0.25, 0.3) is 0 Å². The molecule has 0 aliphatic heterocycles. The molecule has 0 saturated carbocycles. The molecule has 0 bridgehead atoms. The predicted molar refractivity (Wildman–Crippen MR) is 49.8 cm³/mol. The molecule has 1 nitrogen and oxygen atoms in total. The molecule has 0 spiro atoms. The Morgan fingerprint density at radius 1 is 1.62 bits per heavy atom. The van der Waals surface area contributed by atoms with Crippen LogP contribution in [0.5, 0.6) is 0 Å². The van der Waals surface area contributed by atoms with E-state index in [4.69, 9.17) is 16.9 Å². The lowest BCUT2D eigenvalue weighted by molar-refractivity contribution is 0.622. The maximum Gasteiger partial charge on any atom is 0.141 e. The summed E-state index contributed by atoms with van der Waals surface area (Å²) in [7, 11) is 0. The minimum atomic E-state index is -0.516. The number of hydrogen-bond donors (Lipinski definition) is 0. The van der Waals surface area contributed by atoms with Gasteiger partial charge < -0.3 is 0 Å². The molecule has 0 aliphatic carbocycles. The number of hydrogen-bond acceptors (Lipinski definition) is 1. The average Bonchev–Trinajstić information content (AvgIpc) is 2.03. The zero-order valence-electron chi connectivity index (χ0n) is 6.85. The highest BCUT2D eigenvalue weighted by molar-refractivity contribution is 6.29. The maximum absolute atomic E-state index is 13.0. The first-order chi connectivity index (χ1) is 6.15. The highest BCUT2D eigenvalue weighted by Gasteiger charge is 2.07. The van der Waals surface area contributed by atoms with Gasteiger partial charge in [-0.2, -0.15) is 5.26 Å². The third-order valence-corrected chi connectivity index (χ3v) is 1.73. The maximum atomic E-state index is 13.0. The Balaban J connectivity index is 3.14. The predicted octanol–water partition coefficient (Wildman–Crippen LogP) is 2.99. The van der Waals surface area contributed by atoms with Crippen LogP contribution in [0.2, 0.25) is 0 Å². The van der Waals surface area contributed by atoms with Gasteiger partial charge in [-0.3, -0.25) is 0 Å². The van der Waals surface area contributed by atoms with Crippen molar-refractivity contribution in [3.63, 3.8) is 0 Å². The fourth-order valence-electron chi connectivity index (χ4n) is 1.05. The van der Waals surface area contributed by atoms with E-state index in [-0.39, 0.29) is 5.56 Å². The van der Waals surface area contributed by atoms with Crippen molar-refractivity contribution in [1.29, 1.82) is 5.26 Å². The lowest BCUT2D eigenvalue weighted by atomic mass is 10.1. The van der Waals surface area contributed by atoms with Crippen molar-refractivity contribution in [2.75, 3.05) is 0 Å². The number of nitrogens with zero attached hydrogens (tertiary/aromatic N) is 1. The van der Waals surface area contributed by atoms with Crippen molar-refractivity contribution in [1.82, 2.24) is 0 Å². The van der Waals surface area contributed by atoms with Crippen LogP contribution < -0.4 is 0 Å². The lowest BCUT2D eigenvalue weighted by Gasteiger charge is -2.02. The van der Waals surface area contributed by atoms with Crippen molar-refractivity contribution in [3.8, 4) is 6.07 Å². The molecule has 1 aromatic rings. The summed E-state index contributed by atoms with van der Waals surface area (Å²) in [5, 5.41) is 9.04. The fraction of sp³-hybridized carbons (Fsp3) is 0.100. The SMILES string of the molecule is C=C(Cl)Cc1cccc(F)c1C#N. The van der Waals surface area contributed by atoms with Crippen LogP contribution in [0.1, 0.15) is 11.1 Å². The first-order valence-corrected chi connectivity index (χ1v) is 4.03. The van der Waals surface area contributed by atoms with Crippen LogP contribution in [-0.4, -0.2) is 0 Å². The first-order valence-electron chi connectivity index (χ1n) is 3.66. The standard InChI is InChI=1S/C10H7ClFN/c1-7(11)5-8-3-2-4-10(12)9(8)6-13/h2-4H,1,5H2. The number of rotatable bonds is 2. The van der Waals surface area contributed by atoms with E-state index < -0.39 is 5.82 Å². The molecule has 1 aromatic carbocycles. The summed E-state index contributed by atoms with van der Waals surface area (Å²) in [4.78, 5) is 0. The van der Waals surface area contributed by atoms with Gasteiger partial charge in [0.05, 0.1) is 5.56 Å². The molecule has 0 heterocycles. The quantitative estimate of drug-likeness (QED) is 0.712. The van der Waals surface area contributed by atoms with E-state index in [1.165, 1.54) is 6.07 Å². The Hall–Kier alpha value is -1.33. The lowest BCUT2D eigenvalue weighted by Crippen LogP contribution is -1.93. The minimum Gasteiger partial charge on any atom is -0.206 e. The van der Waals surface area contributed by atoms with E-state index in [2.05, 4.69) is 6.58 Å². The molecule has 3 heteroatoms. The number of nitriles is 1. The summed E-state index contributed by atoms with van der Waals surface area (Å²) >= 11 is 5.57. The summed E-state index contributed by atoms with van der Waals surface area (Å²) < 4.78 is 13.0. The van der Waals surface area contributed by atoms with Crippen LogP contribution in [0.4, 0.5) is 4.39 Å². The second kappa shape index (κ2) is 4.06. The van der Waals surface area contributed by atoms with Gasteiger partial charge in [0.25, 0.3) is 0 Å². The van der Waals surface area contributed by atoms with Gasteiger partial charge in [0.1, 0.15) is 11.9 Å². The topological polar surface area (TPSA) is 23.8 Å². The van der Waals surface area contributed by atoms with Gasteiger partial charge in [0.2, 0.25) is 0 Å². The van der Waals surface area contributed by atoms with Gasteiger partial charge in [-0.15, -0.1) is 0 Å². The van der Waals surface area contributed by atoms with Crippen LogP contribution in [0, 0.1) is 17.1 Å². The van der Waals surface area contributed by atoms with Crippen molar-refractivity contribution in [3.05, 3.63) is 46.8 Å². The Morgan fingerprint density at radius 3 is 2.85 bits per heavy atom. The monoisotopic (exact) mass is 195 g/mol. The molecule has 0 aliphatic rings. The molecule has 66 valence electrons. The van der Waals surface area contributed by atoms with E-state index in [0.29, 0.717) is 17.0 Å². The first kappa shape index (κ1) is 9.76. The molecule has 0 amide bonds. The van der Waals surface area contributed by atoms with E-state index >= 15 is 0 Å². The van der Waals surface area contributed by atoms with Gasteiger partial charge in [-0.05, 0) is 11.6 Å². The Labute approximate surface area is 81.1 Å². The van der Waals surface area contributed by atoms with E-state index in [0.717, 1.165) is 0 Å². The zero-order chi connectivity index (χ0) is 9.84. The minimum absolute atomic E-state index is 0.0456. The average molecular weight is 196 g/mol. The molecule has 0 N–H and O–H groups in total. The van der Waals surface area contributed by atoms with Crippen molar-refractivity contribution < 1.29 is 4.39 Å². The summed E-state index contributed by atoms with van der Waals surface area (Å²) in [6.07, 6.45) is 0.322. The van der Waals surface area contributed by atoms with E-state index in [1.54, 1.807) is 18.2 Å². The second-order valence-corrected chi connectivity index (χ2v) is 3.11. The molecule has 0 atom stereocenters. The van der Waals surface area contributed by atoms with E-state index in [1.807, 2.05) is 0 Å². The van der Waals surface area contributed by atoms with Gasteiger partial charge >= 0.3 is 0 Å². The Kier molecular flexibility index (Phi) is 3.05. The summed E-state index contributed by atoms with van der Waals surface area (Å²) in [5.74, 6) is -0.516. The van der Waals surface area contributed by atoms with E-state index in [9.17, 15) is 4.39 Å². The molecule has 0 saturated heterocycles. The molecule has 0 unspecified atom stereocenters. The van der Waals surface area contributed by atoms with Crippen LogP contribution in [0.3, 0.4) is 0 Å². The summed E-state index contributed by atoms with van der Waals surface area (Å²) in [6.45, 7) is 3.49. The normalized spacial score (nSPS) is 9.31. The van der Waals surface area contributed by atoms with Crippen molar-refractivity contribution >= 4 is 11.6 Å². The number of halogens is 2. The smallest absolute Gasteiger partial charge is 0.141 e. The fourth-order valence-corrected chi connectivity index (χ4v) is 1.19. The second-order valence-electron chi connectivity index (χ2n) is 2.58. The largest absolute Gasteiger partial charge is 0.206 e. The summed E-state index contributed by atoms with van der Waals surface area (Å²) in [6, 6.07) is 6.25. The van der Waals surface area contributed by atoms with Crippen LogP contribution >= 0.6 is 11.6 Å². The highest BCUT2D eigenvalue weighted by Crippen LogP contribution is 2.16. The third kappa shape index (κ3) is 2.30. The van der Waals surface area contributed by atoms with Crippen LogP contribution in [-0.2, 0) is 6.42 Å². The Morgan fingerprint density at radius 2 is 2.31 bits per heavy atom. The van der Waals surface area contributed by atoms with Crippen molar-refractivity contribution in [2.45, 2.75) is 6.42 Å². The third-order valence-electron chi connectivity index (χ3n) is 1.59. The molecule has 0 radical (unpaired) electrons. The molecule has 0 fully saturated rings. The van der Waals surface area contributed by atoms with Gasteiger partial charge in [-0.25, -0.2) is 4.39 Å². The van der Waals surface area contributed by atoms with Crippen molar-refractivity contribution in [2.24, 2.45) is 0 Å². The van der Waals surface area contributed by atoms with Gasteiger partial charge in [0.15, 0.2) is 0 Å². The van der Waals surface area contributed by atoms with Gasteiger partial charge in [-0.1, -0.05) is 30.3 Å². The summed E-state index contributed by atoms with van der Waals surface area (Å²) in [5.41, 5.74) is 0.617. The Bertz CT molecular complexity index is 379. The number of benzene rings is 1. The molecular weight excluding hydrogens is 189 g/mol. The van der Waals surface area contributed by atoms with Crippen LogP contribution in [0.15, 0.2) is 29.8 Å². The number of allylic oxidation sites excluding steroid dienone is 1. The molecule has 0 aromatic heterocycles.